The lowest BCUT2D eigenvalue weighted by Crippen LogP contribution is -2.44. The van der Waals surface area contributed by atoms with Crippen molar-refractivity contribution in [2.45, 2.75) is 36.7 Å². The summed E-state index contributed by atoms with van der Waals surface area (Å²) < 4.78 is 5.15. The van der Waals surface area contributed by atoms with Crippen molar-refractivity contribution in [3.05, 3.63) is 76.8 Å². The third-order valence-electron chi connectivity index (χ3n) is 5.07. The molecule has 0 aromatic heterocycles. The van der Waals surface area contributed by atoms with Gasteiger partial charge in [0.15, 0.2) is 0 Å². The van der Waals surface area contributed by atoms with Crippen LogP contribution in [-0.4, -0.2) is 34.5 Å². The fraction of sp³-hybridized carbons (Fsp3) is 0.273. The lowest BCUT2D eigenvalue weighted by atomic mass is 9.93. The number of nitrogens with zero attached hydrogens (tertiary/aromatic N) is 2. The lowest BCUT2D eigenvalue weighted by Gasteiger charge is -2.36. The van der Waals surface area contributed by atoms with Gasteiger partial charge in [0.2, 0.25) is 5.91 Å². The van der Waals surface area contributed by atoms with Gasteiger partial charge in [-0.2, -0.15) is 5.01 Å². The Morgan fingerprint density at radius 2 is 1.68 bits per heavy atom. The van der Waals surface area contributed by atoms with Gasteiger partial charge in [-0.05, 0) is 31.5 Å². The topological polar surface area (TPSA) is 49.9 Å². The normalized spacial score (nSPS) is 21.2. The van der Waals surface area contributed by atoms with Crippen molar-refractivity contribution in [1.82, 2.24) is 10.0 Å². The Balaban J connectivity index is 1.91. The summed E-state index contributed by atoms with van der Waals surface area (Å²) in [4.78, 5) is 26.8. The summed E-state index contributed by atoms with van der Waals surface area (Å²) in [6.07, 6.45) is 0.392. The van der Waals surface area contributed by atoms with Crippen molar-refractivity contribution >= 4 is 23.6 Å². The van der Waals surface area contributed by atoms with E-state index >= 15 is 0 Å². The van der Waals surface area contributed by atoms with Crippen molar-refractivity contribution in [1.29, 1.82) is 0 Å². The van der Waals surface area contributed by atoms with Crippen LogP contribution in [0.3, 0.4) is 0 Å². The number of thioether (sulfide) groups is 1. The minimum absolute atomic E-state index is 0.0109. The number of carbonyl (C=O) groups is 2. The Bertz CT molecular complexity index is 941. The predicted octanol–water partition coefficient (Wildman–Crippen LogP) is 4.15. The fourth-order valence-electron chi connectivity index (χ4n) is 3.90. The van der Waals surface area contributed by atoms with Crippen molar-refractivity contribution < 1.29 is 14.3 Å². The van der Waals surface area contributed by atoms with E-state index in [2.05, 4.69) is 0 Å². The molecule has 2 aliphatic heterocycles. The molecule has 6 heteroatoms. The molecule has 4 rings (SSSR count). The summed E-state index contributed by atoms with van der Waals surface area (Å²) in [5.41, 5.74) is 1.04. The van der Waals surface area contributed by atoms with Gasteiger partial charge in [-0.3, -0.25) is 4.79 Å². The van der Waals surface area contributed by atoms with E-state index in [1.807, 2.05) is 79.5 Å². The number of methoxy groups -OCH3 is 1. The van der Waals surface area contributed by atoms with Crippen molar-refractivity contribution in [3.8, 4) is 0 Å². The van der Waals surface area contributed by atoms with Gasteiger partial charge in [0, 0.05) is 16.9 Å². The SMILES string of the molecule is COC(=O)C1=C(Sc2ccccc2)N2C(=O)CC(C)(C)N2C1c1ccccc1. The van der Waals surface area contributed by atoms with Crippen LogP contribution in [0.2, 0.25) is 0 Å². The molecule has 2 aromatic carbocycles. The van der Waals surface area contributed by atoms with Gasteiger partial charge in [-0.25, -0.2) is 9.80 Å². The number of benzene rings is 2. The first-order valence-corrected chi connectivity index (χ1v) is 9.98. The maximum atomic E-state index is 13.0. The summed E-state index contributed by atoms with van der Waals surface area (Å²) >= 11 is 1.42. The molecule has 28 heavy (non-hydrogen) atoms. The monoisotopic (exact) mass is 394 g/mol. The minimum Gasteiger partial charge on any atom is -0.466 e. The number of hydrogen-bond donors (Lipinski definition) is 0. The first kappa shape index (κ1) is 18.8. The molecule has 0 bridgehead atoms. The Hall–Kier alpha value is -2.57. The summed E-state index contributed by atoms with van der Waals surface area (Å²) in [6.45, 7) is 4.07. The van der Waals surface area contributed by atoms with Crippen LogP contribution in [0.4, 0.5) is 0 Å². The molecule has 2 heterocycles. The van der Waals surface area contributed by atoms with Gasteiger partial charge in [0.05, 0.1) is 18.7 Å². The first-order chi connectivity index (χ1) is 13.4. The third-order valence-corrected chi connectivity index (χ3v) is 6.17. The van der Waals surface area contributed by atoms with Gasteiger partial charge in [0.25, 0.3) is 0 Å². The fourth-order valence-corrected chi connectivity index (χ4v) is 4.99. The molecule has 0 N–H and O–H groups in total. The highest BCUT2D eigenvalue weighted by atomic mass is 32.2. The second-order valence-corrected chi connectivity index (χ2v) is 8.54. The van der Waals surface area contributed by atoms with Crippen LogP contribution >= 0.6 is 11.8 Å². The molecule has 1 amide bonds. The molecular formula is C22H22N2O3S. The quantitative estimate of drug-likeness (QED) is 0.730. The van der Waals surface area contributed by atoms with Crippen LogP contribution in [0.1, 0.15) is 31.9 Å². The molecule has 0 radical (unpaired) electrons. The van der Waals surface area contributed by atoms with Gasteiger partial charge in [-0.15, -0.1) is 0 Å². The zero-order valence-electron chi connectivity index (χ0n) is 16.1. The average Bonchev–Trinajstić information content (AvgIpc) is 3.15. The Kier molecular flexibility index (Phi) is 4.77. The Morgan fingerprint density at radius 3 is 2.29 bits per heavy atom. The molecule has 0 saturated carbocycles. The van der Waals surface area contributed by atoms with Crippen molar-refractivity contribution in [2.24, 2.45) is 0 Å². The van der Waals surface area contributed by atoms with Gasteiger partial charge in [0.1, 0.15) is 5.03 Å². The van der Waals surface area contributed by atoms with Crippen LogP contribution < -0.4 is 0 Å². The maximum Gasteiger partial charge on any atom is 0.338 e. The zero-order chi connectivity index (χ0) is 19.9. The van der Waals surface area contributed by atoms with Gasteiger partial charge < -0.3 is 4.74 Å². The zero-order valence-corrected chi connectivity index (χ0v) is 16.9. The number of hydrazine groups is 1. The number of esters is 1. The molecule has 0 spiro atoms. The molecule has 0 aliphatic carbocycles. The van der Waals surface area contributed by atoms with Crippen molar-refractivity contribution in [2.75, 3.05) is 7.11 Å². The van der Waals surface area contributed by atoms with Gasteiger partial charge in [-0.1, -0.05) is 60.3 Å². The van der Waals surface area contributed by atoms with Crippen molar-refractivity contribution in [3.63, 3.8) is 0 Å². The standard InChI is InChI=1S/C22H22N2O3S/c1-22(2)14-17(25)23-20(28-16-12-8-5-9-13-16)18(21(26)27-3)19(24(22)23)15-10-6-4-7-11-15/h4-13,19H,14H2,1-3H3. The van der Waals surface area contributed by atoms with E-state index in [9.17, 15) is 9.59 Å². The summed E-state index contributed by atoms with van der Waals surface area (Å²) in [7, 11) is 1.38. The number of fused-ring (bicyclic) bond motifs is 1. The highest BCUT2D eigenvalue weighted by molar-refractivity contribution is 8.03. The van der Waals surface area contributed by atoms with E-state index in [0.29, 0.717) is 17.0 Å². The highest BCUT2D eigenvalue weighted by Crippen LogP contribution is 2.53. The third kappa shape index (κ3) is 3.02. The Morgan fingerprint density at radius 1 is 1.07 bits per heavy atom. The largest absolute Gasteiger partial charge is 0.466 e. The van der Waals surface area contributed by atoms with E-state index < -0.39 is 11.5 Å². The molecule has 144 valence electrons. The molecule has 5 nitrogen and oxygen atoms in total. The summed E-state index contributed by atoms with van der Waals surface area (Å²) in [5.74, 6) is -0.423. The van der Waals surface area contributed by atoms with E-state index in [4.69, 9.17) is 4.74 Å². The number of amides is 1. The van der Waals surface area contributed by atoms with E-state index in [1.165, 1.54) is 18.9 Å². The van der Waals surface area contributed by atoms with E-state index in [-0.39, 0.29) is 11.9 Å². The Labute approximate surface area is 168 Å². The second kappa shape index (κ2) is 7.11. The van der Waals surface area contributed by atoms with Crippen LogP contribution in [0.5, 0.6) is 0 Å². The molecule has 2 aromatic rings. The number of rotatable bonds is 4. The average molecular weight is 394 g/mol. The molecule has 2 aliphatic rings. The minimum atomic E-state index is -0.421. The van der Waals surface area contributed by atoms with Gasteiger partial charge >= 0.3 is 5.97 Å². The number of hydrogen-bond acceptors (Lipinski definition) is 5. The predicted molar refractivity (Wildman–Crippen MR) is 108 cm³/mol. The summed E-state index contributed by atoms with van der Waals surface area (Å²) in [6, 6.07) is 19.2. The van der Waals surface area contributed by atoms with Crippen LogP contribution in [0.25, 0.3) is 0 Å². The molecule has 1 atom stereocenters. The van der Waals surface area contributed by atoms with Crippen LogP contribution in [0, 0.1) is 0 Å². The van der Waals surface area contributed by atoms with Crippen LogP contribution in [0.15, 0.2) is 76.2 Å². The molecule has 1 fully saturated rings. The van der Waals surface area contributed by atoms with E-state index in [0.717, 1.165) is 10.5 Å². The smallest absolute Gasteiger partial charge is 0.338 e. The molecular weight excluding hydrogens is 372 g/mol. The summed E-state index contributed by atoms with van der Waals surface area (Å²) in [5, 5.41) is 4.34. The number of ether oxygens (including phenoxy) is 1. The number of carbonyl (C=O) groups excluding carboxylic acids is 2. The lowest BCUT2D eigenvalue weighted by molar-refractivity contribution is -0.138. The second-order valence-electron chi connectivity index (χ2n) is 7.48. The first-order valence-electron chi connectivity index (χ1n) is 9.16. The van der Waals surface area contributed by atoms with Crippen LogP contribution in [-0.2, 0) is 14.3 Å². The van der Waals surface area contributed by atoms with E-state index in [1.54, 1.807) is 5.01 Å². The maximum absolute atomic E-state index is 13.0. The molecule has 1 unspecified atom stereocenters. The highest BCUT2D eigenvalue weighted by Gasteiger charge is 2.56. The molecule has 1 saturated heterocycles.